The van der Waals surface area contributed by atoms with Crippen LogP contribution in [0.25, 0.3) is 0 Å². The Kier molecular flexibility index (Phi) is 11.4. The minimum atomic E-state index is -0.197. The highest BCUT2D eigenvalue weighted by Gasteiger charge is 2.04. The van der Waals surface area contributed by atoms with Crippen molar-refractivity contribution in [1.29, 1.82) is 0 Å². The van der Waals surface area contributed by atoms with Gasteiger partial charge in [0.1, 0.15) is 5.75 Å². The zero-order chi connectivity index (χ0) is 17.5. The summed E-state index contributed by atoms with van der Waals surface area (Å²) in [5.74, 6) is 0.543. The van der Waals surface area contributed by atoms with Gasteiger partial charge in [-0.2, -0.15) is 0 Å². The summed E-state index contributed by atoms with van der Waals surface area (Å²) in [7, 11) is 0. The molecule has 1 aromatic rings. The molecule has 1 N–H and O–H groups in total. The van der Waals surface area contributed by atoms with Gasteiger partial charge in [0.25, 0.3) is 0 Å². The van der Waals surface area contributed by atoms with Gasteiger partial charge in [-0.15, -0.1) is 0 Å². The standard InChI is InChI=1S/C20H31NO3/c1-2-3-4-5-10-15-19(22)21-17-12-7-11-16-20(23)24-18-13-8-6-9-14-18/h6,8-9,13-14H,2-5,7,10-12,15-17H2,1H3,(H,21,22). The highest BCUT2D eigenvalue weighted by Crippen LogP contribution is 2.10. The topological polar surface area (TPSA) is 55.4 Å². The van der Waals surface area contributed by atoms with Crippen molar-refractivity contribution >= 4 is 11.9 Å². The van der Waals surface area contributed by atoms with Crippen molar-refractivity contribution in [2.75, 3.05) is 6.54 Å². The number of carbonyl (C=O) groups is 2. The number of unbranched alkanes of at least 4 members (excludes halogenated alkanes) is 6. The number of benzene rings is 1. The fraction of sp³-hybridized carbons (Fsp3) is 0.600. The van der Waals surface area contributed by atoms with Crippen LogP contribution in [0.15, 0.2) is 30.3 Å². The highest BCUT2D eigenvalue weighted by atomic mass is 16.5. The molecule has 0 unspecified atom stereocenters. The first-order chi connectivity index (χ1) is 11.7. The molecular formula is C20H31NO3. The summed E-state index contributed by atoms with van der Waals surface area (Å²) < 4.78 is 5.22. The molecule has 0 aromatic heterocycles. The molecule has 134 valence electrons. The number of hydrogen-bond donors (Lipinski definition) is 1. The smallest absolute Gasteiger partial charge is 0.311 e. The highest BCUT2D eigenvalue weighted by molar-refractivity contribution is 5.75. The van der Waals surface area contributed by atoms with Gasteiger partial charge in [-0.1, -0.05) is 57.2 Å². The van der Waals surface area contributed by atoms with Crippen molar-refractivity contribution in [2.24, 2.45) is 0 Å². The first kappa shape index (κ1) is 20.2. The third-order valence-corrected chi connectivity index (χ3v) is 3.86. The van der Waals surface area contributed by atoms with Crippen molar-refractivity contribution in [1.82, 2.24) is 5.32 Å². The lowest BCUT2D eigenvalue weighted by Gasteiger charge is -2.06. The second-order valence-electron chi connectivity index (χ2n) is 6.11. The van der Waals surface area contributed by atoms with Crippen molar-refractivity contribution in [3.63, 3.8) is 0 Å². The van der Waals surface area contributed by atoms with E-state index in [1.807, 2.05) is 18.2 Å². The van der Waals surface area contributed by atoms with Crippen LogP contribution >= 0.6 is 0 Å². The Labute approximate surface area is 146 Å². The zero-order valence-electron chi connectivity index (χ0n) is 14.9. The summed E-state index contributed by atoms with van der Waals surface area (Å²) in [4.78, 5) is 23.3. The quantitative estimate of drug-likeness (QED) is 0.325. The summed E-state index contributed by atoms with van der Waals surface area (Å²) in [6.07, 6.45) is 9.50. The molecule has 0 radical (unpaired) electrons. The summed E-state index contributed by atoms with van der Waals surface area (Å²) in [5.41, 5.74) is 0. The number of hydrogen-bond acceptors (Lipinski definition) is 3. The van der Waals surface area contributed by atoms with Crippen LogP contribution in [0.3, 0.4) is 0 Å². The Balaban J connectivity index is 1.92. The number of nitrogens with one attached hydrogen (secondary N) is 1. The second kappa shape index (κ2) is 13.6. The molecule has 0 atom stereocenters. The van der Waals surface area contributed by atoms with Crippen LogP contribution in [-0.4, -0.2) is 18.4 Å². The van der Waals surface area contributed by atoms with E-state index in [4.69, 9.17) is 4.74 Å². The van der Waals surface area contributed by atoms with Gasteiger partial charge in [0.2, 0.25) is 5.91 Å². The van der Waals surface area contributed by atoms with Crippen LogP contribution in [0, 0.1) is 0 Å². The SMILES string of the molecule is CCCCCCCC(=O)NCCCCCC(=O)Oc1ccccc1. The number of amides is 1. The number of esters is 1. The number of carbonyl (C=O) groups excluding carboxylic acids is 2. The third-order valence-electron chi connectivity index (χ3n) is 3.86. The van der Waals surface area contributed by atoms with Crippen molar-refractivity contribution in [3.05, 3.63) is 30.3 Å². The normalized spacial score (nSPS) is 10.4. The summed E-state index contributed by atoms with van der Waals surface area (Å²) in [5, 5.41) is 2.95. The molecule has 4 nitrogen and oxygen atoms in total. The molecule has 0 aliphatic heterocycles. The molecule has 0 bridgehead atoms. The van der Waals surface area contributed by atoms with Crippen LogP contribution in [0.5, 0.6) is 5.75 Å². The average molecular weight is 333 g/mol. The van der Waals surface area contributed by atoms with E-state index < -0.39 is 0 Å². The van der Waals surface area contributed by atoms with E-state index in [0.29, 0.717) is 25.1 Å². The molecule has 1 amide bonds. The summed E-state index contributed by atoms with van der Waals surface area (Å²) >= 11 is 0. The molecule has 0 saturated heterocycles. The Morgan fingerprint density at radius 3 is 2.29 bits per heavy atom. The van der Waals surface area contributed by atoms with Crippen LogP contribution in [0.4, 0.5) is 0 Å². The van der Waals surface area contributed by atoms with Gasteiger partial charge in [-0.25, -0.2) is 0 Å². The lowest BCUT2D eigenvalue weighted by molar-refractivity contribution is -0.134. The summed E-state index contributed by atoms with van der Waals surface area (Å²) in [6, 6.07) is 9.12. The first-order valence-corrected chi connectivity index (χ1v) is 9.24. The van der Waals surface area contributed by atoms with E-state index in [1.54, 1.807) is 12.1 Å². The third kappa shape index (κ3) is 10.8. The maximum atomic E-state index is 11.7. The molecule has 0 saturated carbocycles. The lowest BCUT2D eigenvalue weighted by Crippen LogP contribution is -2.24. The maximum absolute atomic E-state index is 11.7. The first-order valence-electron chi connectivity index (χ1n) is 9.24. The van der Waals surface area contributed by atoms with E-state index in [-0.39, 0.29) is 11.9 Å². The van der Waals surface area contributed by atoms with Crippen molar-refractivity contribution in [2.45, 2.75) is 71.1 Å². The fourth-order valence-corrected chi connectivity index (χ4v) is 2.45. The maximum Gasteiger partial charge on any atom is 0.311 e. The van der Waals surface area contributed by atoms with Gasteiger partial charge in [-0.3, -0.25) is 9.59 Å². The minimum Gasteiger partial charge on any atom is -0.427 e. The monoisotopic (exact) mass is 333 g/mol. The Morgan fingerprint density at radius 2 is 1.54 bits per heavy atom. The van der Waals surface area contributed by atoms with Crippen molar-refractivity contribution < 1.29 is 14.3 Å². The molecule has 0 spiro atoms. The van der Waals surface area contributed by atoms with E-state index in [0.717, 1.165) is 32.1 Å². The summed E-state index contributed by atoms with van der Waals surface area (Å²) in [6.45, 7) is 2.88. The van der Waals surface area contributed by atoms with Gasteiger partial charge < -0.3 is 10.1 Å². The number of ether oxygens (including phenoxy) is 1. The molecule has 1 rings (SSSR count). The number of para-hydroxylation sites is 1. The molecule has 0 fully saturated rings. The van der Waals surface area contributed by atoms with Crippen molar-refractivity contribution in [3.8, 4) is 5.75 Å². The molecule has 24 heavy (non-hydrogen) atoms. The molecule has 0 aliphatic rings. The van der Waals surface area contributed by atoms with Crippen LogP contribution in [0.1, 0.15) is 71.1 Å². The molecular weight excluding hydrogens is 302 g/mol. The van der Waals surface area contributed by atoms with Gasteiger partial charge >= 0.3 is 5.97 Å². The fourth-order valence-electron chi connectivity index (χ4n) is 2.45. The molecule has 0 aliphatic carbocycles. The minimum absolute atomic E-state index is 0.148. The predicted molar refractivity (Wildman–Crippen MR) is 96.9 cm³/mol. The van der Waals surface area contributed by atoms with Gasteiger partial charge in [0, 0.05) is 19.4 Å². The largest absolute Gasteiger partial charge is 0.427 e. The zero-order valence-corrected chi connectivity index (χ0v) is 14.9. The second-order valence-corrected chi connectivity index (χ2v) is 6.11. The average Bonchev–Trinajstić information content (AvgIpc) is 2.58. The number of rotatable bonds is 13. The van der Waals surface area contributed by atoms with E-state index in [1.165, 1.54) is 19.3 Å². The van der Waals surface area contributed by atoms with Crippen LogP contribution in [-0.2, 0) is 9.59 Å². The van der Waals surface area contributed by atoms with Gasteiger partial charge in [0.15, 0.2) is 0 Å². The Hall–Kier alpha value is -1.84. The molecule has 4 heteroatoms. The van der Waals surface area contributed by atoms with Gasteiger partial charge in [-0.05, 0) is 31.4 Å². The van der Waals surface area contributed by atoms with Crippen LogP contribution < -0.4 is 10.1 Å². The Bertz CT molecular complexity index is 459. The van der Waals surface area contributed by atoms with Gasteiger partial charge in [0.05, 0.1) is 0 Å². The Morgan fingerprint density at radius 1 is 0.875 bits per heavy atom. The molecule has 1 aromatic carbocycles. The van der Waals surface area contributed by atoms with Crippen LogP contribution in [0.2, 0.25) is 0 Å². The lowest BCUT2D eigenvalue weighted by atomic mass is 10.1. The predicted octanol–water partition coefficient (Wildman–Crippen LogP) is 4.63. The molecule has 0 heterocycles. The van der Waals surface area contributed by atoms with E-state index in [2.05, 4.69) is 12.2 Å². The van der Waals surface area contributed by atoms with E-state index >= 15 is 0 Å². The van der Waals surface area contributed by atoms with E-state index in [9.17, 15) is 9.59 Å².